The molecule has 5 nitrogen and oxygen atoms in total. The molecule has 0 bridgehead atoms. The zero-order valence-electron chi connectivity index (χ0n) is 9.34. The molecular formula is C10H16NO4P. The number of aliphatic hydroxyl groups is 1. The van der Waals surface area contributed by atoms with Gasteiger partial charge in [-0.3, -0.25) is 9.36 Å². The first-order valence-electron chi connectivity index (χ1n) is 5.02. The SMILES string of the molecule is CCOP(C)(=O)C[C@@H](O)c1cc[nH]c(=O)c1. The molecule has 2 atom stereocenters. The van der Waals surface area contributed by atoms with Crippen LogP contribution in [0.3, 0.4) is 0 Å². The van der Waals surface area contributed by atoms with Crippen LogP contribution in [0.4, 0.5) is 0 Å². The van der Waals surface area contributed by atoms with Gasteiger partial charge in [-0.2, -0.15) is 0 Å². The quantitative estimate of drug-likeness (QED) is 0.767. The summed E-state index contributed by atoms with van der Waals surface area (Å²) in [7, 11) is -2.79. The molecule has 1 aromatic rings. The highest BCUT2D eigenvalue weighted by molar-refractivity contribution is 7.58. The summed E-state index contributed by atoms with van der Waals surface area (Å²) in [4.78, 5) is 13.5. The lowest BCUT2D eigenvalue weighted by Crippen LogP contribution is -2.10. The number of hydrogen-bond acceptors (Lipinski definition) is 4. The molecule has 0 spiro atoms. The van der Waals surface area contributed by atoms with E-state index in [1.165, 1.54) is 18.9 Å². The van der Waals surface area contributed by atoms with E-state index < -0.39 is 13.5 Å². The normalized spacial score (nSPS) is 16.7. The zero-order valence-corrected chi connectivity index (χ0v) is 10.2. The van der Waals surface area contributed by atoms with E-state index in [9.17, 15) is 14.5 Å². The first-order chi connectivity index (χ1) is 7.44. The van der Waals surface area contributed by atoms with Gasteiger partial charge in [0.15, 0.2) is 0 Å². The number of pyridine rings is 1. The van der Waals surface area contributed by atoms with E-state index in [1.807, 2.05) is 0 Å². The fourth-order valence-corrected chi connectivity index (χ4v) is 2.90. The molecule has 0 aliphatic heterocycles. The van der Waals surface area contributed by atoms with Crippen LogP contribution in [0.2, 0.25) is 0 Å². The minimum atomic E-state index is -2.79. The van der Waals surface area contributed by atoms with Gasteiger partial charge in [0.25, 0.3) is 0 Å². The lowest BCUT2D eigenvalue weighted by atomic mass is 10.2. The average molecular weight is 245 g/mol. The van der Waals surface area contributed by atoms with E-state index in [0.29, 0.717) is 12.2 Å². The molecule has 0 aliphatic carbocycles. The fourth-order valence-electron chi connectivity index (χ4n) is 1.41. The second-order valence-electron chi connectivity index (χ2n) is 3.62. The number of H-pyrrole nitrogens is 1. The Labute approximate surface area is 93.9 Å². The van der Waals surface area contributed by atoms with Gasteiger partial charge in [-0.1, -0.05) is 0 Å². The molecule has 2 N–H and O–H groups in total. The van der Waals surface area contributed by atoms with Crippen molar-refractivity contribution in [3.8, 4) is 0 Å². The first kappa shape index (κ1) is 13.2. The smallest absolute Gasteiger partial charge is 0.248 e. The number of aliphatic hydroxyl groups excluding tert-OH is 1. The third kappa shape index (κ3) is 3.93. The summed E-state index contributed by atoms with van der Waals surface area (Å²) in [6, 6.07) is 2.87. The molecule has 1 aromatic heterocycles. The highest BCUT2D eigenvalue weighted by Crippen LogP contribution is 2.45. The molecule has 0 saturated carbocycles. The summed E-state index contributed by atoms with van der Waals surface area (Å²) in [5, 5.41) is 9.80. The van der Waals surface area contributed by atoms with Crippen molar-refractivity contribution in [3.05, 3.63) is 34.2 Å². The Bertz CT molecular complexity index is 442. The van der Waals surface area contributed by atoms with Crippen molar-refractivity contribution in [2.24, 2.45) is 0 Å². The number of aromatic amines is 1. The summed E-state index contributed by atoms with van der Waals surface area (Å²) in [5.41, 5.74) is 0.157. The van der Waals surface area contributed by atoms with Crippen LogP contribution in [-0.2, 0) is 9.09 Å². The van der Waals surface area contributed by atoms with E-state index >= 15 is 0 Å². The molecule has 0 saturated heterocycles. The number of hydrogen-bond donors (Lipinski definition) is 2. The highest BCUT2D eigenvalue weighted by Gasteiger charge is 2.21. The van der Waals surface area contributed by atoms with Gasteiger partial charge in [-0.15, -0.1) is 0 Å². The standard InChI is InChI=1S/C10H16NO4P/c1-3-15-16(2,14)7-9(12)8-4-5-11-10(13)6-8/h4-6,9,12H,3,7H2,1-2H3,(H,11,13)/t9-,16?/m1/s1. The first-order valence-corrected chi connectivity index (χ1v) is 7.28. The zero-order chi connectivity index (χ0) is 12.2. The minimum absolute atomic E-state index is 0.0181. The Balaban J connectivity index is 2.76. The summed E-state index contributed by atoms with van der Waals surface area (Å²) < 4.78 is 16.9. The Morgan fingerprint density at radius 2 is 2.31 bits per heavy atom. The van der Waals surface area contributed by atoms with Crippen LogP contribution in [0.1, 0.15) is 18.6 Å². The molecule has 16 heavy (non-hydrogen) atoms. The van der Waals surface area contributed by atoms with Crippen LogP contribution in [0, 0.1) is 0 Å². The predicted molar refractivity (Wildman–Crippen MR) is 62.0 cm³/mol. The maximum atomic E-state index is 11.8. The molecule has 0 fully saturated rings. The number of nitrogens with one attached hydrogen (secondary N) is 1. The minimum Gasteiger partial charge on any atom is -0.388 e. The number of rotatable bonds is 5. The maximum absolute atomic E-state index is 11.8. The van der Waals surface area contributed by atoms with Gasteiger partial charge in [-0.05, 0) is 18.6 Å². The van der Waals surface area contributed by atoms with Gasteiger partial charge in [0.1, 0.15) is 0 Å². The van der Waals surface area contributed by atoms with E-state index in [2.05, 4.69) is 4.98 Å². The highest BCUT2D eigenvalue weighted by atomic mass is 31.2. The molecule has 90 valence electrons. The summed E-state index contributed by atoms with van der Waals surface area (Å²) >= 11 is 0. The van der Waals surface area contributed by atoms with E-state index in [-0.39, 0.29) is 11.7 Å². The summed E-state index contributed by atoms with van der Waals surface area (Å²) in [5.74, 6) is 0. The van der Waals surface area contributed by atoms with Gasteiger partial charge in [0.05, 0.1) is 18.9 Å². The van der Waals surface area contributed by atoms with Gasteiger partial charge in [-0.25, -0.2) is 0 Å². The summed E-state index contributed by atoms with van der Waals surface area (Å²) in [6.45, 7) is 3.57. The van der Waals surface area contributed by atoms with E-state index in [4.69, 9.17) is 4.52 Å². The van der Waals surface area contributed by atoms with Crippen LogP contribution in [0.15, 0.2) is 23.1 Å². The van der Waals surface area contributed by atoms with Crippen molar-refractivity contribution in [1.82, 2.24) is 4.98 Å². The van der Waals surface area contributed by atoms with Crippen molar-refractivity contribution >= 4 is 7.37 Å². The average Bonchev–Trinajstić information content (AvgIpc) is 2.16. The van der Waals surface area contributed by atoms with Crippen LogP contribution >= 0.6 is 7.37 Å². The largest absolute Gasteiger partial charge is 0.388 e. The predicted octanol–water partition coefficient (Wildman–Crippen LogP) is 1.35. The van der Waals surface area contributed by atoms with Crippen molar-refractivity contribution < 1.29 is 14.2 Å². The van der Waals surface area contributed by atoms with Crippen molar-refractivity contribution in [1.29, 1.82) is 0 Å². The van der Waals surface area contributed by atoms with Crippen LogP contribution in [0.25, 0.3) is 0 Å². The van der Waals surface area contributed by atoms with Crippen molar-refractivity contribution in [3.63, 3.8) is 0 Å². The van der Waals surface area contributed by atoms with E-state index in [1.54, 1.807) is 13.0 Å². The Hall–Kier alpha value is -0.900. The monoisotopic (exact) mass is 245 g/mol. The van der Waals surface area contributed by atoms with Gasteiger partial charge < -0.3 is 14.6 Å². The topological polar surface area (TPSA) is 79.4 Å². The maximum Gasteiger partial charge on any atom is 0.248 e. The van der Waals surface area contributed by atoms with Gasteiger partial charge in [0, 0.05) is 18.9 Å². The molecular weight excluding hydrogens is 229 g/mol. The Morgan fingerprint density at radius 3 is 2.88 bits per heavy atom. The molecule has 1 unspecified atom stereocenters. The van der Waals surface area contributed by atoms with Crippen LogP contribution in [-0.4, -0.2) is 29.5 Å². The molecule has 6 heteroatoms. The molecule has 0 aliphatic rings. The molecule has 0 amide bonds. The van der Waals surface area contributed by atoms with Gasteiger partial charge in [0.2, 0.25) is 12.9 Å². The fraction of sp³-hybridized carbons (Fsp3) is 0.500. The molecule has 0 radical (unpaired) electrons. The third-order valence-electron chi connectivity index (χ3n) is 2.09. The van der Waals surface area contributed by atoms with Crippen molar-refractivity contribution in [2.75, 3.05) is 19.4 Å². The lowest BCUT2D eigenvalue weighted by Gasteiger charge is -2.16. The second kappa shape index (κ2) is 5.43. The Morgan fingerprint density at radius 1 is 1.62 bits per heavy atom. The second-order valence-corrected chi connectivity index (χ2v) is 6.27. The lowest BCUT2D eigenvalue weighted by molar-refractivity contribution is 0.195. The number of aromatic nitrogens is 1. The van der Waals surface area contributed by atoms with Gasteiger partial charge >= 0.3 is 0 Å². The Kier molecular flexibility index (Phi) is 4.47. The molecule has 0 aromatic carbocycles. The molecule has 1 heterocycles. The van der Waals surface area contributed by atoms with Crippen LogP contribution in [0.5, 0.6) is 0 Å². The van der Waals surface area contributed by atoms with E-state index in [0.717, 1.165) is 0 Å². The summed E-state index contributed by atoms with van der Waals surface area (Å²) in [6.07, 6.45) is 0.525. The van der Waals surface area contributed by atoms with Crippen molar-refractivity contribution in [2.45, 2.75) is 13.0 Å². The van der Waals surface area contributed by atoms with Crippen LogP contribution < -0.4 is 5.56 Å². The third-order valence-corrected chi connectivity index (χ3v) is 3.90. The molecule has 1 rings (SSSR count).